The van der Waals surface area contributed by atoms with Crippen LogP contribution in [0, 0.1) is 28.1 Å². The third-order valence-electron chi connectivity index (χ3n) is 12.5. The predicted molar refractivity (Wildman–Crippen MR) is 185 cm³/mol. The minimum absolute atomic E-state index is 0.0700. The SMILES string of the molecule is CCC(=O)O[C@@H](C(=O)O[C@H]1C[C@@]2(O)C(C)C3[C@]4(C)CO[C@@H]4C[C@H](O)[C@@]3(C)C(=O)[C@H](O)C(=C1C)C2(C)C)[C@@H](NC(=O)OC(C)(C)C)c1ccccc1. The minimum atomic E-state index is -1.72. The number of carbonyl (C=O) groups excluding carboxylic acids is 4. The van der Waals surface area contributed by atoms with Gasteiger partial charge in [-0.25, -0.2) is 9.59 Å². The number of ketones is 1. The largest absolute Gasteiger partial charge is 0.455 e. The Kier molecular flexibility index (Phi) is 10.1. The van der Waals surface area contributed by atoms with E-state index < -0.39 is 93.6 Å². The van der Waals surface area contributed by atoms with Gasteiger partial charge in [0.25, 0.3) is 0 Å². The first-order chi connectivity index (χ1) is 23.5. The summed E-state index contributed by atoms with van der Waals surface area (Å²) in [5, 5.41) is 39.2. The van der Waals surface area contributed by atoms with Gasteiger partial charge in [-0.15, -0.1) is 0 Å². The molecule has 1 heterocycles. The fraction of sp³-hybridized carbons (Fsp3) is 0.692. The van der Waals surface area contributed by atoms with Gasteiger partial charge in [-0.1, -0.05) is 65.0 Å². The zero-order valence-corrected chi connectivity index (χ0v) is 31.4. The molecule has 2 bridgehead atoms. The van der Waals surface area contributed by atoms with Crippen molar-refractivity contribution < 1.29 is 53.4 Å². The number of carbonyl (C=O) groups is 4. The van der Waals surface area contributed by atoms with Crippen LogP contribution in [0.2, 0.25) is 0 Å². The molecular formula is C39H55NO11. The number of alkyl carbamates (subject to hydrolysis) is 1. The number of hydrogen-bond donors (Lipinski definition) is 4. The zero-order valence-electron chi connectivity index (χ0n) is 31.4. The Morgan fingerprint density at radius 2 is 1.71 bits per heavy atom. The molecule has 12 nitrogen and oxygen atoms in total. The van der Waals surface area contributed by atoms with Crippen LogP contribution in [-0.2, 0) is 33.3 Å². The van der Waals surface area contributed by atoms with Gasteiger partial charge in [0.15, 0.2) is 5.78 Å². The number of Topliss-reactive ketones (excluding diaryl/α,β-unsaturated/α-hetero) is 1. The Hall–Kier alpha value is -3.32. The van der Waals surface area contributed by atoms with Gasteiger partial charge in [0.1, 0.15) is 23.9 Å². The zero-order chi connectivity index (χ0) is 38.1. The molecule has 0 aromatic heterocycles. The van der Waals surface area contributed by atoms with Crippen LogP contribution in [0.25, 0.3) is 0 Å². The summed E-state index contributed by atoms with van der Waals surface area (Å²) in [5.74, 6) is -3.54. The molecule has 1 aromatic carbocycles. The molecule has 1 aliphatic heterocycles. The third kappa shape index (κ3) is 6.29. The van der Waals surface area contributed by atoms with Gasteiger partial charge in [0.2, 0.25) is 6.10 Å². The molecule has 3 aliphatic carbocycles. The van der Waals surface area contributed by atoms with Gasteiger partial charge in [-0.2, -0.15) is 0 Å². The number of fused-ring (bicyclic) bond motifs is 5. The van der Waals surface area contributed by atoms with Crippen LogP contribution in [0.3, 0.4) is 0 Å². The Morgan fingerprint density at radius 3 is 2.25 bits per heavy atom. The predicted octanol–water partition coefficient (Wildman–Crippen LogP) is 4.34. The number of aliphatic hydroxyl groups is 3. The number of ether oxygens (including phenoxy) is 4. The van der Waals surface area contributed by atoms with E-state index in [-0.39, 0.29) is 30.9 Å². The highest BCUT2D eigenvalue weighted by Crippen LogP contribution is 2.66. The van der Waals surface area contributed by atoms with Crippen molar-refractivity contribution in [2.45, 2.75) is 136 Å². The summed E-state index contributed by atoms with van der Waals surface area (Å²) in [6.07, 6.45) is -6.81. The van der Waals surface area contributed by atoms with E-state index in [9.17, 15) is 34.5 Å². The first-order valence-electron chi connectivity index (χ1n) is 17.9. The van der Waals surface area contributed by atoms with Crippen LogP contribution < -0.4 is 5.32 Å². The molecule has 2 saturated carbocycles. The van der Waals surface area contributed by atoms with Crippen LogP contribution in [0.5, 0.6) is 0 Å². The summed E-state index contributed by atoms with van der Waals surface area (Å²) in [6.45, 7) is 17.7. The van der Waals surface area contributed by atoms with Gasteiger partial charge < -0.3 is 39.6 Å². The second kappa shape index (κ2) is 13.3. The van der Waals surface area contributed by atoms with Gasteiger partial charge in [0.05, 0.1) is 29.8 Å². The molecule has 4 aliphatic rings. The molecule has 1 saturated heterocycles. The lowest BCUT2D eigenvalue weighted by molar-refractivity contribution is -0.302. The second-order valence-electron chi connectivity index (χ2n) is 16.9. The molecule has 4 N–H and O–H groups in total. The molecule has 3 fully saturated rings. The van der Waals surface area contributed by atoms with Crippen molar-refractivity contribution in [2.24, 2.45) is 28.1 Å². The molecule has 12 heteroatoms. The quantitative estimate of drug-likeness (QED) is 0.180. The highest BCUT2D eigenvalue weighted by atomic mass is 16.6. The molecule has 2 unspecified atom stereocenters. The average Bonchev–Trinajstić information content (AvgIpc) is 3.04. The minimum Gasteiger partial charge on any atom is -0.455 e. The molecule has 1 amide bonds. The molecular weight excluding hydrogens is 658 g/mol. The van der Waals surface area contributed by atoms with Crippen molar-refractivity contribution in [1.29, 1.82) is 0 Å². The lowest BCUT2D eigenvalue weighted by atomic mass is 9.40. The topological polar surface area (TPSA) is 178 Å². The summed E-state index contributed by atoms with van der Waals surface area (Å²) in [7, 11) is 0. The fourth-order valence-electron chi connectivity index (χ4n) is 9.69. The number of esters is 2. The molecule has 282 valence electrons. The number of aliphatic hydroxyl groups excluding tert-OH is 2. The Balaban J connectivity index is 1.59. The van der Waals surface area contributed by atoms with Crippen LogP contribution in [0.1, 0.15) is 100 Å². The first kappa shape index (κ1) is 38.9. The van der Waals surface area contributed by atoms with Crippen LogP contribution in [0.4, 0.5) is 4.79 Å². The number of rotatable bonds is 7. The molecule has 0 spiro atoms. The molecule has 11 atom stereocenters. The maximum absolute atomic E-state index is 14.5. The average molecular weight is 714 g/mol. The van der Waals surface area contributed by atoms with Crippen molar-refractivity contribution >= 4 is 23.8 Å². The first-order valence-corrected chi connectivity index (χ1v) is 17.9. The highest BCUT2D eigenvalue weighted by molar-refractivity contribution is 5.93. The van der Waals surface area contributed by atoms with Crippen molar-refractivity contribution in [3.8, 4) is 0 Å². The lowest BCUT2D eigenvalue weighted by Crippen LogP contribution is -2.75. The lowest BCUT2D eigenvalue weighted by Gasteiger charge is -2.68. The van der Waals surface area contributed by atoms with E-state index >= 15 is 0 Å². The van der Waals surface area contributed by atoms with E-state index in [1.165, 1.54) is 0 Å². The van der Waals surface area contributed by atoms with Crippen molar-refractivity contribution in [3.05, 3.63) is 47.0 Å². The van der Waals surface area contributed by atoms with Crippen LogP contribution >= 0.6 is 0 Å². The summed E-state index contributed by atoms with van der Waals surface area (Å²) < 4.78 is 23.2. The number of hydrogen-bond acceptors (Lipinski definition) is 11. The fourth-order valence-corrected chi connectivity index (χ4v) is 9.69. The number of benzene rings is 1. The van der Waals surface area contributed by atoms with Gasteiger partial charge in [-0.3, -0.25) is 9.59 Å². The third-order valence-corrected chi connectivity index (χ3v) is 12.5. The van der Waals surface area contributed by atoms with E-state index in [2.05, 4.69) is 5.32 Å². The Bertz CT molecular complexity index is 1580. The van der Waals surface area contributed by atoms with Gasteiger partial charge >= 0.3 is 18.0 Å². The van der Waals surface area contributed by atoms with Crippen LogP contribution in [0.15, 0.2) is 41.5 Å². The Labute approximate surface area is 300 Å². The van der Waals surface area contributed by atoms with Gasteiger partial charge in [0, 0.05) is 30.1 Å². The summed E-state index contributed by atoms with van der Waals surface area (Å²) in [5.41, 5.74) is -4.67. The summed E-state index contributed by atoms with van der Waals surface area (Å²) in [4.78, 5) is 54.8. The van der Waals surface area contributed by atoms with E-state index in [0.29, 0.717) is 17.7 Å². The van der Waals surface area contributed by atoms with Crippen LogP contribution in [-0.4, -0.2) is 87.5 Å². The molecule has 0 radical (unpaired) electrons. The van der Waals surface area contributed by atoms with E-state index in [1.807, 2.05) is 13.8 Å². The van der Waals surface area contributed by atoms with E-state index in [1.54, 1.807) is 85.7 Å². The van der Waals surface area contributed by atoms with E-state index in [0.717, 1.165) is 0 Å². The maximum atomic E-state index is 14.5. The monoisotopic (exact) mass is 713 g/mol. The molecule has 5 rings (SSSR count). The number of nitrogens with one attached hydrogen (secondary N) is 1. The molecule has 1 aromatic rings. The maximum Gasteiger partial charge on any atom is 0.408 e. The second-order valence-corrected chi connectivity index (χ2v) is 16.9. The summed E-state index contributed by atoms with van der Waals surface area (Å²) >= 11 is 0. The van der Waals surface area contributed by atoms with E-state index in [4.69, 9.17) is 18.9 Å². The van der Waals surface area contributed by atoms with Crippen molar-refractivity contribution in [3.63, 3.8) is 0 Å². The number of amides is 1. The smallest absolute Gasteiger partial charge is 0.408 e. The van der Waals surface area contributed by atoms with Crippen molar-refractivity contribution in [1.82, 2.24) is 5.32 Å². The van der Waals surface area contributed by atoms with Gasteiger partial charge in [-0.05, 0) is 63.2 Å². The Morgan fingerprint density at radius 1 is 1.08 bits per heavy atom. The standard InChI is InChI=1S/C39H55NO11/c1-11-26(42)50-30(28(22-15-13-12-14-16-22)40-34(46)51-35(4,5)6)33(45)49-23-18-39(47)21(3)31-37(9)19-48-25(37)17-24(41)38(31,10)32(44)29(43)27(20(23)2)36(39,7)8/h12-16,21,23-25,28-31,41,43,47H,11,17-19H2,1-10H3,(H,40,46)/t21?,23-,24-,25+,28-,29+,30+,31?,37+,38+,39+/m0/s1. The summed E-state index contributed by atoms with van der Waals surface area (Å²) in [6, 6.07) is 7.27. The highest BCUT2D eigenvalue weighted by Gasteiger charge is 2.73. The molecule has 51 heavy (non-hydrogen) atoms. The van der Waals surface area contributed by atoms with Crippen molar-refractivity contribution in [2.75, 3.05) is 6.61 Å². The normalized spacial score (nSPS) is 36.9.